The van der Waals surface area contributed by atoms with E-state index in [4.69, 9.17) is 5.73 Å². The van der Waals surface area contributed by atoms with Crippen molar-refractivity contribution < 1.29 is 0 Å². The van der Waals surface area contributed by atoms with Crippen LogP contribution in [0.2, 0.25) is 0 Å². The smallest absolute Gasteiger partial charge is 0.0482 e. The standard InChI is InChI=1S/C15H23N3S/c1-17(2)8-9-18(3)14(10-16)13-11-19-15-7-5-4-6-12(13)15/h4-7,11,14H,8-10,16H2,1-3H3. The number of hydrogen-bond donors (Lipinski definition) is 1. The van der Waals surface area contributed by atoms with E-state index in [1.807, 2.05) is 0 Å². The summed E-state index contributed by atoms with van der Waals surface area (Å²) in [6.45, 7) is 2.73. The van der Waals surface area contributed by atoms with Crippen LogP contribution in [0.25, 0.3) is 10.1 Å². The van der Waals surface area contributed by atoms with Crippen molar-refractivity contribution in [2.75, 3.05) is 40.8 Å². The van der Waals surface area contributed by atoms with Gasteiger partial charge in [0, 0.05) is 30.4 Å². The third-order valence-electron chi connectivity index (χ3n) is 3.53. The highest BCUT2D eigenvalue weighted by molar-refractivity contribution is 7.17. The maximum Gasteiger partial charge on any atom is 0.0482 e. The Kier molecular flexibility index (Phi) is 4.93. The van der Waals surface area contributed by atoms with Crippen LogP contribution in [0, 0.1) is 0 Å². The first-order valence-corrected chi connectivity index (χ1v) is 7.52. The number of benzene rings is 1. The predicted octanol–water partition coefficient (Wildman–Crippen LogP) is 2.39. The first-order chi connectivity index (χ1) is 9.13. The van der Waals surface area contributed by atoms with Gasteiger partial charge in [-0.15, -0.1) is 11.3 Å². The Morgan fingerprint density at radius 1 is 1.16 bits per heavy atom. The molecule has 1 unspecified atom stereocenters. The van der Waals surface area contributed by atoms with E-state index in [-0.39, 0.29) is 0 Å². The molecular formula is C15H23N3S. The summed E-state index contributed by atoms with van der Waals surface area (Å²) in [5.74, 6) is 0. The van der Waals surface area contributed by atoms with Gasteiger partial charge in [0.25, 0.3) is 0 Å². The third-order valence-corrected chi connectivity index (χ3v) is 4.51. The van der Waals surface area contributed by atoms with Crippen LogP contribution in [0.3, 0.4) is 0 Å². The van der Waals surface area contributed by atoms with Crippen LogP contribution in [-0.4, -0.2) is 50.6 Å². The number of hydrogen-bond acceptors (Lipinski definition) is 4. The number of thiophene rings is 1. The van der Waals surface area contributed by atoms with E-state index in [1.165, 1.54) is 15.6 Å². The van der Waals surface area contributed by atoms with Gasteiger partial charge in [-0.2, -0.15) is 0 Å². The Morgan fingerprint density at radius 3 is 2.58 bits per heavy atom. The lowest BCUT2D eigenvalue weighted by atomic mass is 10.0. The number of fused-ring (bicyclic) bond motifs is 1. The van der Waals surface area contributed by atoms with Crippen molar-refractivity contribution in [3.8, 4) is 0 Å². The molecule has 2 N–H and O–H groups in total. The largest absolute Gasteiger partial charge is 0.329 e. The second-order valence-corrected chi connectivity index (χ2v) is 6.13. The van der Waals surface area contributed by atoms with E-state index in [0.29, 0.717) is 12.6 Å². The Balaban J connectivity index is 2.21. The van der Waals surface area contributed by atoms with Gasteiger partial charge in [-0.3, -0.25) is 4.90 Å². The second kappa shape index (κ2) is 6.48. The monoisotopic (exact) mass is 277 g/mol. The highest BCUT2D eigenvalue weighted by atomic mass is 32.1. The van der Waals surface area contributed by atoms with E-state index in [9.17, 15) is 0 Å². The van der Waals surface area contributed by atoms with Crippen molar-refractivity contribution in [3.05, 3.63) is 35.2 Å². The molecule has 2 aromatic rings. The van der Waals surface area contributed by atoms with Gasteiger partial charge in [0.2, 0.25) is 0 Å². The molecule has 19 heavy (non-hydrogen) atoms. The molecule has 3 nitrogen and oxygen atoms in total. The van der Waals surface area contributed by atoms with Gasteiger partial charge in [-0.05, 0) is 43.5 Å². The Morgan fingerprint density at radius 2 is 1.89 bits per heavy atom. The van der Waals surface area contributed by atoms with Crippen molar-refractivity contribution in [2.45, 2.75) is 6.04 Å². The molecule has 0 fully saturated rings. The van der Waals surface area contributed by atoms with Gasteiger partial charge >= 0.3 is 0 Å². The summed E-state index contributed by atoms with van der Waals surface area (Å²) in [6, 6.07) is 8.87. The van der Waals surface area contributed by atoms with E-state index < -0.39 is 0 Å². The maximum atomic E-state index is 6.01. The van der Waals surface area contributed by atoms with Crippen molar-refractivity contribution in [3.63, 3.8) is 0 Å². The fourth-order valence-electron chi connectivity index (χ4n) is 2.31. The normalized spacial score (nSPS) is 13.6. The van der Waals surface area contributed by atoms with Crippen LogP contribution in [0.4, 0.5) is 0 Å². The summed E-state index contributed by atoms with van der Waals surface area (Å²) < 4.78 is 1.34. The van der Waals surface area contributed by atoms with Crippen LogP contribution in [-0.2, 0) is 0 Å². The van der Waals surface area contributed by atoms with Crippen LogP contribution >= 0.6 is 11.3 Å². The first-order valence-electron chi connectivity index (χ1n) is 6.64. The van der Waals surface area contributed by atoms with E-state index in [2.05, 4.69) is 60.6 Å². The van der Waals surface area contributed by atoms with Crippen molar-refractivity contribution in [2.24, 2.45) is 5.73 Å². The molecule has 0 radical (unpaired) electrons. The molecule has 0 saturated heterocycles. The molecule has 0 bridgehead atoms. The molecule has 0 saturated carbocycles. The Labute approximate surface area is 119 Å². The van der Waals surface area contributed by atoms with Crippen molar-refractivity contribution in [1.82, 2.24) is 9.80 Å². The molecule has 0 aliphatic carbocycles. The minimum atomic E-state index is 0.302. The van der Waals surface area contributed by atoms with Crippen molar-refractivity contribution in [1.29, 1.82) is 0 Å². The average molecular weight is 277 g/mol. The number of rotatable bonds is 6. The van der Waals surface area contributed by atoms with Gasteiger partial charge in [-0.1, -0.05) is 18.2 Å². The zero-order valence-electron chi connectivity index (χ0n) is 12.0. The molecule has 4 heteroatoms. The molecular weight excluding hydrogens is 254 g/mol. The minimum absolute atomic E-state index is 0.302. The van der Waals surface area contributed by atoms with Crippen molar-refractivity contribution >= 4 is 21.4 Å². The Hall–Kier alpha value is -0.940. The number of nitrogens with two attached hydrogens (primary N) is 1. The summed E-state index contributed by atoms with van der Waals surface area (Å²) in [6.07, 6.45) is 0. The molecule has 0 spiro atoms. The molecule has 1 aromatic heterocycles. The van der Waals surface area contributed by atoms with Gasteiger partial charge in [0.15, 0.2) is 0 Å². The summed E-state index contributed by atoms with van der Waals surface area (Å²) in [4.78, 5) is 4.56. The lowest BCUT2D eigenvalue weighted by Crippen LogP contribution is -2.35. The third kappa shape index (κ3) is 3.34. The lowest BCUT2D eigenvalue weighted by molar-refractivity contribution is 0.224. The summed E-state index contributed by atoms with van der Waals surface area (Å²) >= 11 is 1.81. The van der Waals surface area contributed by atoms with Crippen LogP contribution in [0.1, 0.15) is 11.6 Å². The minimum Gasteiger partial charge on any atom is -0.329 e. The van der Waals surface area contributed by atoms with Crippen LogP contribution < -0.4 is 5.73 Å². The molecule has 104 valence electrons. The molecule has 1 heterocycles. The molecule has 1 aromatic carbocycles. The highest BCUT2D eigenvalue weighted by Crippen LogP contribution is 2.32. The van der Waals surface area contributed by atoms with E-state index in [0.717, 1.165) is 13.1 Å². The average Bonchev–Trinajstić information content (AvgIpc) is 2.81. The SMILES string of the molecule is CN(C)CCN(C)C(CN)c1csc2ccccc12. The molecule has 0 amide bonds. The summed E-state index contributed by atoms with van der Waals surface area (Å²) in [7, 11) is 6.37. The quantitative estimate of drug-likeness (QED) is 0.880. The maximum absolute atomic E-state index is 6.01. The topological polar surface area (TPSA) is 32.5 Å². The predicted molar refractivity (Wildman–Crippen MR) is 84.8 cm³/mol. The highest BCUT2D eigenvalue weighted by Gasteiger charge is 2.18. The lowest BCUT2D eigenvalue weighted by Gasteiger charge is -2.28. The van der Waals surface area contributed by atoms with E-state index in [1.54, 1.807) is 11.3 Å². The fourth-order valence-corrected chi connectivity index (χ4v) is 3.32. The zero-order valence-corrected chi connectivity index (χ0v) is 12.8. The van der Waals surface area contributed by atoms with Gasteiger partial charge in [0.05, 0.1) is 0 Å². The summed E-state index contributed by atoms with van der Waals surface area (Å²) in [5, 5.41) is 3.61. The Bertz CT molecular complexity index is 521. The first kappa shape index (κ1) is 14.5. The van der Waals surface area contributed by atoms with E-state index >= 15 is 0 Å². The zero-order chi connectivity index (χ0) is 13.8. The van der Waals surface area contributed by atoms with Gasteiger partial charge in [-0.25, -0.2) is 0 Å². The number of likely N-dealkylation sites (N-methyl/N-ethyl adjacent to an activating group) is 2. The summed E-state index contributed by atoms with van der Waals surface area (Å²) in [5.41, 5.74) is 7.38. The fraction of sp³-hybridized carbons (Fsp3) is 0.467. The van der Waals surface area contributed by atoms with Crippen LogP contribution in [0.5, 0.6) is 0 Å². The molecule has 1 atom stereocenters. The van der Waals surface area contributed by atoms with Gasteiger partial charge < -0.3 is 10.6 Å². The second-order valence-electron chi connectivity index (χ2n) is 5.22. The molecule has 2 rings (SSSR count). The number of nitrogens with zero attached hydrogens (tertiary/aromatic N) is 2. The van der Waals surface area contributed by atoms with Gasteiger partial charge in [0.1, 0.15) is 0 Å². The molecule has 0 aliphatic heterocycles. The molecule has 0 aliphatic rings. The van der Waals surface area contributed by atoms with Crippen LogP contribution in [0.15, 0.2) is 29.6 Å².